The average Bonchev–Trinajstić information content (AvgIpc) is 3.33. The zero-order valence-corrected chi connectivity index (χ0v) is 18.2. The van der Waals surface area contributed by atoms with Crippen molar-refractivity contribution in [2.75, 3.05) is 38.1 Å². The zero-order valence-electron chi connectivity index (χ0n) is 17.4. The number of thiophene rings is 1. The Hall–Kier alpha value is -2.22. The van der Waals surface area contributed by atoms with Gasteiger partial charge in [-0.05, 0) is 63.2 Å². The summed E-state index contributed by atoms with van der Waals surface area (Å²) in [5.74, 6) is 0. The van der Waals surface area contributed by atoms with E-state index in [0.29, 0.717) is 10.2 Å². The first-order valence-corrected chi connectivity index (χ1v) is 11.6. The Labute approximate surface area is 180 Å². The van der Waals surface area contributed by atoms with E-state index in [1.165, 1.54) is 17.0 Å². The third-order valence-corrected chi connectivity index (χ3v) is 7.85. The highest BCUT2D eigenvalue weighted by Gasteiger charge is 2.35. The lowest BCUT2D eigenvalue weighted by atomic mass is 10.0. The van der Waals surface area contributed by atoms with Crippen molar-refractivity contribution in [2.45, 2.75) is 37.7 Å². The molecule has 2 fully saturated rings. The van der Waals surface area contributed by atoms with Crippen LogP contribution in [0, 0.1) is 0 Å². The van der Waals surface area contributed by atoms with Crippen molar-refractivity contribution in [3.05, 3.63) is 51.9 Å². The maximum Gasteiger partial charge on any atom is 0.275 e. The molecule has 5 rings (SSSR count). The van der Waals surface area contributed by atoms with Crippen LogP contribution in [0.1, 0.15) is 37.0 Å². The predicted octanol–water partition coefficient (Wildman–Crippen LogP) is 3.35. The fourth-order valence-electron chi connectivity index (χ4n) is 4.66. The van der Waals surface area contributed by atoms with Crippen molar-refractivity contribution >= 4 is 27.2 Å². The molecule has 3 heterocycles. The second-order valence-corrected chi connectivity index (χ2v) is 9.70. The molecule has 0 atom stereocenters. The van der Waals surface area contributed by atoms with Gasteiger partial charge >= 0.3 is 0 Å². The molecule has 2 aromatic heterocycles. The highest BCUT2D eigenvalue weighted by atomic mass is 32.1. The molecule has 0 spiro atoms. The van der Waals surface area contributed by atoms with Crippen LogP contribution < -0.4 is 10.5 Å². The Morgan fingerprint density at radius 2 is 1.73 bits per heavy atom. The summed E-state index contributed by atoms with van der Waals surface area (Å²) in [6, 6.07) is 10.1. The topological polar surface area (TPSA) is 61.6 Å². The largest absolute Gasteiger partial charge is 0.384 e. The first kappa shape index (κ1) is 19.7. The van der Waals surface area contributed by atoms with Crippen LogP contribution >= 0.6 is 11.3 Å². The quantitative estimate of drug-likeness (QED) is 0.699. The molecule has 0 unspecified atom stereocenters. The summed E-state index contributed by atoms with van der Waals surface area (Å²) in [5, 5.41) is 10.9. The maximum atomic E-state index is 13.2. The van der Waals surface area contributed by atoms with Gasteiger partial charge in [-0.3, -0.25) is 9.36 Å². The first-order valence-electron chi connectivity index (χ1n) is 10.8. The van der Waals surface area contributed by atoms with E-state index in [-0.39, 0.29) is 5.56 Å². The fraction of sp³-hybridized carbons (Fsp3) is 0.478. The molecule has 0 amide bonds. The van der Waals surface area contributed by atoms with E-state index in [9.17, 15) is 9.90 Å². The van der Waals surface area contributed by atoms with Gasteiger partial charge in [0.1, 0.15) is 11.0 Å². The molecule has 1 aliphatic heterocycles. The van der Waals surface area contributed by atoms with Gasteiger partial charge in [0.15, 0.2) is 0 Å². The number of hydrogen-bond donors (Lipinski definition) is 1. The minimum absolute atomic E-state index is 0.0676. The Balaban J connectivity index is 1.44. The fourth-order valence-corrected chi connectivity index (χ4v) is 5.85. The summed E-state index contributed by atoms with van der Waals surface area (Å²) in [4.78, 5) is 23.3. The SMILES string of the molecule is CN1CCCN(c2ccc(-n3cnc4cc(C5(O)CCCC5)sc4c3=O)cc2)CC1. The predicted molar refractivity (Wildman–Crippen MR) is 122 cm³/mol. The summed E-state index contributed by atoms with van der Waals surface area (Å²) >= 11 is 1.40. The highest BCUT2D eigenvalue weighted by molar-refractivity contribution is 7.19. The Bertz CT molecular complexity index is 1100. The maximum absolute atomic E-state index is 13.2. The van der Waals surface area contributed by atoms with Gasteiger partial charge in [-0.25, -0.2) is 4.98 Å². The number of benzene rings is 1. The summed E-state index contributed by atoms with van der Waals surface area (Å²) in [7, 11) is 2.17. The van der Waals surface area contributed by atoms with Crippen molar-refractivity contribution in [3.8, 4) is 5.69 Å². The summed E-state index contributed by atoms with van der Waals surface area (Å²) in [6.45, 7) is 4.27. The van der Waals surface area contributed by atoms with Crippen LogP contribution in [0.15, 0.2) is 41.5 Å². The molecule has 2 aliphatic rings. The number of anilines is 1. The van der Waals surface area contributed by atoms with Gasteiger partial charge in [0.05, 0.1) is 16.8 Å². The molecule has 0 bridgehead atoms. The van der Waals surface area contributed by atoms with Crippen LogP contribution in [-0.2, 0) is 5.60 Å². The van der Waals surface area contributed by atoms with E-state index in [1.807, 2.05) is 18.2 Å². The minimum atomic E-state index is -0.786. The minimum Gasteiger partial charge on any atom is -0.384 e. The number of likely N-dealkylation sites (N-methyl/N-ethyl adjacent to an activating group) is 1. The second-order valence-electron chi connectivity index (χ2n) is 8.64. The standard InChI is InChI=1S/C23H28N4O2S/c1-25-11-4-12-26(14-13-25)17-5-7-18(8-6-17)27-16-24-19-15-20(30-21(19)22(27)28)23(29)9-2-3-10-23/h5-8,15-16,29H,2-4,9-14H2,1H3. The van der Waals surface area contributed by atoms with Crippen molar-refractivity contribution < 1.29 is 5.11 Å². The van der Waals surface area contributed by atoms with Gasteiger partial charge in [0, 0.05) is 30.2 Å². The van der Waals surface area contributed by atoms with E-state index in [2.05, 4.69) is 34.0 Å². The molecule has 7 heteroatoms. The molecular formula is C23H28N4O2S. The van der Waals surface area contributed by atoms with Gasteiger partial charge < -0.3 is 14.9 Å². The highest BCUT2D eigenvalue weighted by Crippen LogP contribution is 2.42. The van der Waals surface area contributed by atoms with Crippen LogP contribution in [0.2, 0.25) is 0 Å². The van der Waals surface area contributed by atoms with E-state index in [1.54, 1.807) is 10.9 Å². The molecule has 158 valence electrons. The van der Waals surface area contributed by atoms with E-state index >= 15 is 0 Å². The molecule has 6 nitrogen and oxygen atoms in total. The second kappa shape index (κ2) is 7.80. The van der Waals surface area contributed by atoms with Gasteiger partial charge in [-0.15, -0.1) is 11.3 Å². The lowest BCUT2D eigenvalue weighted by molar-refractivity contribution is 0.0484. The first-order chi connectivity index (χ1) is 14.5. The summed E-state index contributed by atoms with van der Waals surface area (Å²) in [6.07, 6.45) is 6.36. The number of aromatic nitrogens is 2. The Morgan fingerprint density at radius 3 is 2.50 bits per heavy atom. The molecule has 1 saturated heterocycles. The van der Waals surface area contributed by atoms with Crippen LogP contribution in [0.4, 0.5) is 5.69 Å². The number of rotatable bonds is 3. The Morgan fingerprint density at radius 1 is 1.00 bits per heavy atom. The number of aliphatic hydroxyl groups is 1. The normalized spacial score (nSPS) is 20.0. The monoisotopic (exact) mass is 424 g/mol. The molecule has 1 saturated carbocycles. The zero-order chi connectivity index (χ0) is 20.7. The van der Waals surface area contributed by atoms with E-state index < -0.39 is 5.60 Å². The molecule has 3 aromatic rings. The lowest BCUT2D eigenvalue weighted by Gasteiger charge is -2.23. The number of fused-ring (bicyclic) bond motifs is 1. The molecule has 1 aromatic carbocycles. The molecule has 1 N–H and O–H groups in total. The third-order valence-electron chi connectivity index (χ3n) is 6.54. The van der Waals surface area contributed by atoms with Crippen LogP contribution in [0.25, 0.3) is 15.9 Å². The van der Waals surface area contributed by atoms with Gasteiger partial charge in [-0.1, -0.05) is 12.8 Å². The number of nitrogens with zero attached hydrogens (tertiary/aromatic N) is 4. The molecular weight excluding hydrogens is 396 g/mol. The van der Waals surface area contributed by atoms with Crippen molar-refractivity contribution in [3.63, 3.8) is 0 Å². The smallest absolute Gasteiger partial charge is 0.275 e. The molecule has 30 heavy (non-hydrogen) atoms. The van der Waals surface area contributed by atoms with Crippen LogP contribution in [0.3, 0.4) is 0 Å². The number of hydrogen-bond acceptors (Lipinski definition) is 6. The third kappa shape index (κ3) is 3.55. The Kier molecular flexibility index (Phi) is 5.13. The van der Waals surface area contributed by atoms with Gasteiger partial charge in [0.2, 0.25) is 0 Å². The van der Waals surface area contributed by atoms with E-state index in [4.69, 9.17) is 0 Å². The lowest BCUT2D eigenvalue weighted by Crippen LogP contribution is -2.28. The summed E-state index contributed by atoms with van der Waals surface area (Å²) < 4.78 is 2.23. The summed E-state index contributed by atoms with van der Waals surface area (Å²) in [5.41, 5.74) is 1.84. The van der Waals surface area contributed by atoms with Crippen LogP contribution in [-0.4, -0.2) is 52.8 Å². The van der Waals surface area contributed by atoms with Crippen LogP contribution in [0.5, 0.6) is 0 Å². The van der Waals surface area contributed by atoms with Crippen molar-refractivity contribution in [1.82, 2.24) is 14.5 Å². The van der Waals surface area contributed by atoms with E-state index in [0.717, 1.165) is 68.8 Å². The van der Waals surface area contributed by atoms with Crippen molar-refractivity contribution in [2.24, 2.45) is 0 Å². The molecule has 1 aliphatic carbocycles. The van der Waals surface area contributed by atoms with Crippen molar-refractivity contribution in [1.29, 1.82) is 0 Å². The van der Waals surface area contributed by atoms with Gasteiger partial charge in [0.25, 0.3) is 5.56 Å². The average molecular weight is 425 g/mol. The molecule has 0 radical (unpaired) electrons. The van der Waals surface area contributed by atoms with Gasteiger partial charge in [-0.2, -0.15) is 0 Å².